The average molecular weight is 569 g/mol. The first kappa shape index (κ1) is 28.1. The van der Waals surface area contributed by atoms with Gasteiger partial charge in [-0.25, -0.2) is 9.59 Å². The number of carbonyl (C=O) groups is 3. The van der Waals surface area contributed by atoms with Crippen molar-refractivity contribution < 1.29 is 19.5 Å². The number of nitrogens with one attached hydrogen (secondary N) is 1. The van der Waals surface area contributed by atoms with Crippen molar-refractivity contribution >= 4 is 34.9 Å². The van der Waals surface area contributed by atoms with Crippen molar-refractivity contribution in [2.24, 2.45) is 0 Å². The largest absolute Gasteiger partial charge is 0.478 e. The molecule has 0 bridgehead atoms. The molecular weight excluding hydrogens is 528 g/mol. The molecule has 1 saturated carbocycles. The highest BCUT2D eigenvalue weighted by molar-refractivity contribution is 6.03. The number of carboxylic acid groups (broad SMARTS) is 1. The molecule has 220 valence electrons. The zero-order chi connectivity index (χ0) is 29.6. The number of aromatic carboxylic acids is 1. The van der Waals surface area contributed by atoms with Crippen molar-refractivity contribution in [3.63, 3.8) is 0 Å². The van der Waals surface area contributed by atoms with Crippen LogP contribution in [0.15, 0.2) is 48.0 Å². The van der Waals surface area contributed by atoms with E-state index in [9.17, 15) is 19.5 Å². The molecule has 0 unspecified atom stereocenters. The quantitative estimate of drug-likeness (QED) is 0.399. The molecule has 0 radical (unpaired) electrons. The number of benzene rings is 2. The van der Waals surface area contributed by atoms with Gasteiger partial charge >= 0.3 is 12.0 Å². The molecule has 42 heavy (non-hydrogen) atoms. The molecule has 1 aromatic heterocycles. The lowest BCUT2D eigenvalue weighted by atomic mass is 9.81. The molecular formula is C34H40N4O4. The third-order valence-corrected chi connectivity index (χ3v) is 8.85. The first-order valence-electron chi connectivity index (χ1n) is 15.2. The minimum Gasteiger partial charge on any atom is -0.478 e. The maximum atomic E-state index is 14.1. The molecule has 0 atom stereocenters. The van der Waals surface area contributed by atoms with Crippen LogP contribution in [-0.4, -0.2) is 69.1 Å². The van der Waals surface area contributed by atoms with Gasteiger partial charge < -0.3 is 24.8 Å². The second-order valence-electron chi connectivity index (χ2n) is 12.9. The van der Waals surface area contributed by atoms with E-state index in [1.54, 1.807) is 17.0 Å². The van der Waals surface area contributed by atoms with Crippen molar-refractivity contribution in [3.05, 3.63) is 64.7 Å². The number of nitrogens with zero attached hydrogens (tertiary/aromatic N) is 3. The van der Waals surface area contributed by atoms with Gasteiger partial charge in [0.25, 0.3) is 5.91 Å². The SMILES string of the molecule is CC(C)(C)NC(=O)N1CCN(C(=O)C2=Cc3ccccc3-c3c(C4CCCCC4)c4ccc(C(=O)O)cc4n3C2)CC1. The standard InChI is InChI=1S/C34H40N4O4/c1-34(2,3)35-33(42)37-17-15-36(16-18-37)31(39)25-19-23-11-7-8-12-26(23)30-29(22-9-5-4-6-10-22)27-14-13-24(32(40)41)20-28(27)38(30)21-25/h7-8,11-14,19-20,22H,4-6,9-10,15-18,21H2,1-3H3,(H,35,42)(H,40,41). The number of piperazine rings is 1. The lowest BCUT2D eigenvalue weighted by molar-refractivity contribution is -0.128. The van der Waals surface area contributed by atoms with Gasteiger partial charge in [0.2, 0.25) is 0 Å². The molecule has 2 fully saturated rings. The summed E-state index contributed by atoms with van der Waals surface area (Å²) in [5.74, 6) is -0.601. The monoisotopic (exact) mass is 568 g/mol. The van der Waals surface area contributed by atoms with Gasteiger partial charge in [0.05, 0.1) is 17.8 Å². The normalized spacial score (nSPS) is 17.7. The Hall–Kier alpha value is -4.07. The van der Waals surface area contributed by atoms with Gasteiger partial charge in [-0.05, 0) is 68.9 Å². The molecule has 2 aliphatic heterocycles. The average Bonchev–Trinajstić information content (AvgIpc) is 3.18. The molecule has 0 spiro atoms. The summed E-state index contributed by atoms with van der Waals surface area (Å²) >= 11 is 0. The van der Waals surface area contributed by atoms with E-state index in [0.717, 1.165) is 40.6 Å². The maximum Gasteiger partial charge on any atom is 0.335 e. The number of hydrogen-bond donors (Lipinski definition) is 2. The van der Waals surface area contributed by atoms with E-state index in [4.69, 9.17) is 0 Å². The van der Waals surface area contributed by atoms with Gasteiger partial charge in [-0.3, -0.25) is 4.79 Å². The summed E-state index contributed by atoms with van der Waals surface area (Å²) in [6, 6.07) is 13.6. The van der Waals surface area contributed by atoms with E-state index in [1.165, 1.54) is 24.8 Å². The number of carboxylic acids is 1. The molecule has 2 N–H and O–H groups in total. The summed E-state index contributed by atoms with van der Waals surface area (Å²) < 4.78 is 2.19. The Bertz CT molecular complexity index is 1580. The van der Waals surface area contributed by atoms with Crippen molar-refractivity contribution in [2.75, 3.05) is 26.2 Å². The number of fused-ring (bicyclic) bond motifs is 5. The fraction of sp³-hybridized carbons (Fsp3) is 0.441. The van der Waals surface area contributed by atoms with Gasteiger partial charge in [-0.2, -0.15) is 0 Å². The van der Waals surface area contributed by atoms with Crippen molar-refractivity contribution in [1.29, 1.82) is 0 Å². The maximum absolute atomic E-state index is 14.1. The van der Waals surface area contributed by atoms with Crippen LogP contribution in [0.5, 0.6) is 0 Å². The number of aromatic nitrogens is 1. The highest BCUT2D eigenvalue weighted by Crippen LogP contribution is 2.46. The van der Waals surface area contributed by atoms with Crippen LogP contribution in [0.1, 0.15) is 80.3 Å². The van der Waals surface area contributed by atoms with E-state index in [-0.39, 0.29) is 23.0 Å². The van der Waals surface area contributed by atoms with E-state index in [0.29, 0.717) is 44.2 Å². The van der Waals surface area contributed by atoms with Crippen LogP contribution in [0.25, 0.3) is 28.2 Å². The van der Waals surface area contributed by atoms with Crippen molar-refractivity contribution in [1.82, 2.24) is 19.7 Å². The van der Waals surface area contributed by atoms with Crippen LogP contribution in [0.2, 0.25) is 0 Å². The molecule has 8 nitrogen and oxygen atoms in total. The minimum atomic E-state index is -0.958. The highest BCUT2D eigenvalue weighted by Gasteiger charge is 2.32. The molecule has 3 amide bonds. The van der Waals surface area contributed by atoms with Crippen LogP contribution < -0.4 is 5.32 Å². The van der Waals surface area contributed by atoms with Gasteiger partial charge in [0.15, 0.2) is 0 Å². The highest BCUT2D eigenvalue weighted by atomic mass is 16.4. The summed E-state index contributed by atoms with van der Waals surface area (Å²) in [4.78, 5) is 42.4. The predicted molar refractivity (Wildman–Crippen MR) is 165 cm³/mol. The smallest absolute Gasteiger partial charge is 0.335 e. The Morgan fingerprint density at radius 1 is 0.905 bits per heavy atom. The molecule has 3 heterocycles. The fourth-order valence-electron chi connectivity index (χ4n) is 6.86. The van der Waals surface area contributed by atoms with E-state index in [1.807, 2.05) is 49.9 Å². The summed E-state index contributed by atoms with van der Waals surface area (Å²) in [5, 5.41) is 13.9. The Morgan fingerprint density at radius 3 is 2.29 bits per heavy atom. The number of rotatable bonds is 3. The van der Waals surface area contributed by atoms with Crippen LogP contribution in [-0.2, 0) is 11.3 Å². The summed E-state index contributed by atoms with van der Waals surface area (Å²) in [6.45, 7) is 8.11. The van der Waals surface area contributed by atoms with Crippen LogP contribution in [0.3, 0.4) is 0 Å². The predicted octanol–water partition coefficient (Wildman–Crippen LogP) is 6.10. The third-order valence-electron chi connectivity index (χ3n) is 8.85. The Balaban J connectivity index is 1.39. The second kappa shape index (κ2) is 11.0. The molecule has 6 rings (SSSR count). The van der Waals surface area contributed by atoms with Crippen LogP contribution in [0, 0.1) is 0 Å². The van der Waals surface area contributed by atoms with Gasteiger partial charge in [0.1, 0.15) is 0 Å². The molecule has 1 saturated heterocycles. The first-order chi connectivity index (χ1) is 20.1. The summed E-state index contributed by atoms with van der Waals surface area (Å²) in [7, 11) is 0. The lowest BCUT2D eigenvalue weighted by Crippen LogP contribution is -2.56. The number of carbonyl (C=O) groups excluding carboxylic acids is 2. The molecule has 8 heteroatoms. The Labute approximate surface area is 247 Å². The topological polar surface area (TPSA) is 94.9 Å². The zero-order valence-corrected chi connectivity index (χ0v) is 24.8. The molecule has 2 aromatic carbocycles. The van der Waals surface area contributed by atoms with Crippen LogP contribution in [0.4, 0.5) is 4.79 Å². The van der Waals surface area contributed by atoms with Crippen LogP contribution >= 0.6 is 0 Å². The number of amides is 3. The third kappa shape index (κ3) is 5.30. The first-order valence-corrected chi connectivity index (χ1v) is 15.2. The van der Waals surface area contributed by atoms with E-state index >= 15 is 0 Å². The molecule has 1 aliphatic carbocycles. The number of urea groups is 1. The van der Waals surface area contributed by atoms with Crippen molar-refractivity contribution in [3.8, 4) is 11.3 Å². The lowest BCUT2D eigenvalue weighted by Gasteiger charge is -2.36. The minimum absolute atomic E-state index is 0.0380. The Morgan fingerprint density at radius 2 is 1.60 bits per heavy atom. The number of hydrogen-bond acceptors (Lipinski definition) is 3. The molecule has 3 aliphatic rings. The fourth-order valence-corrected chi connectivity index (χ4v) is 6.86. The van der Waals surface area contributed by atoms with Crippen molar-refractivity contribution in [2.45, 2.75) is 70.9 Å². The van der Waals surface area contributed by atoms with Gasteiger partial charge in [-0.15, -0.1) is 0 Å². The van der Waals surface area contributed by atoms with Gasteiger partial charge in [-0.1, -0.05) is 49.6 Å². The van der Waals surface area contributed by atoms with E-state index < -0.39 is 5.97 Å². The summed E-state index contributed by atoms with van der Waals surface area (Å²) in [5.41, 5.74) is 5.94. The van der Waals surface area contributed by atoms with E-state index in [2.05, 4.69) is 22.0 Å². The summed E-state index contributed by atoms with van der Waals surface area (Å²) in [6.07, 6.45) is 7.86. The second-order valence-corrected chi connectivity index (χ2v) is 12.9. The zero-order valence-electron chi connectivity index (χ0n) is 24.8. The molecule has 3 aromatic rings. The Kier molecular flexibility index (Phi) is 7.33. The van der Waals surface area contributed by atoms with Gasteiger partial charge in [0, 0.05) is 53.8 Å².